The van der Waals surface area contributed by atoms with E-state index in [2.05, 4.69) is 19.2 Å². The summed E-state index contributed by atoms with van der Waals surface area (Å²) in [7, 11) is 0. The monoisotopic (exact) mass is 317 g/mol. The van der Waals surface area contributed by atoms with Crippen molar-refractivity contribution >= 4 is 11.7 Å². The molecule has 4 heteroatoms. The lowest BCUT2D eigenvalue weighted by Gasteiger charge is -2.23. The molecule has 4 nitrogen and oxygen atoms in total. The van der Waals surface area contributed by atoms with Crippen LogP contribution in [0.15, 0.2) is 30.3 Å². The fraction of sp³-hybridized carbons (Fsp3) is 0.579. The standard InChI is InChI=1S/C19H27NO3/c1-13(2)10-16(17(21)19(4)12-23-19)20-18(22)14(3)11-15-8-6-5-7-9-15/h5-9,13-14,16H,10-12H2,1-4H3,(H,20,22)/t14-,16-,19?/m0/s1. The van der Waals surface area contributed by atoms with Crippen molar-refractivity contribution < 1.29 is 14.3 Å². The van der Waals surface area contributed by atoms with Crippen LogP contribution in [-0.4, -0.2) is 29.9 Å². The molecule has 1 aliphatic heterocycles. The van der Waals surface area contributed by atoms with Crippen LogP contribution in [-0.2, 0) is 20.7 Å². The molecule has 0 aliphatic carbocycles. The molecular weight excluding hydrogens is 290 g/mol. The van der Waals surface area contributed by atoms with E-state index in [0.717, 1.165) is 5.56 Å². The molecule has 23 heavy (non-hydrogen) atoms. The number of ketones is 1. The lowest BCUT2D eigenvalue weighted by molar-refractivity contribution is -0.132. The Labute approximate surface area is 138 Å². The molecule has 2 rings (SSSR count). The number of amides is 1. The highest BCUT2D eigenvalue weighted by Gasteiger charge is 2.50. The van der Waals surface area contributed by atoms with E-state index < -0.39 is 11.6 Å². The molecule has 0 spiro atoms. The van der Waals surface area contributed by atoms with Crippen LogP contribution in [0.2, 0.25) is 0 Å². The minimum Gasteiger partial charge on any atom is -0.361 e. The van der Waals surface area contributed by atoms with E-state index in [4.69, 9.17) is 4.74 Å². The zero-order chi connectivity index (χ0) is 17.0. The summed E-state index contributed by atoms with van der Waals surface area (Å²) in [4.78, 5) is 25.0. The highest BCUT2D eigenvalue weighted by Crippen LogP contribution is 2.29. The van der Waals surface area contributed by atoms with Crippen molar-refractivity contribution in [1.82, 2.24) is 5.32 Å². The fourth-order valence-corrected chi connectivity index (χ4v) is 2.70. The predicted molar refractivity (Wildman–Crippen MR) is 90.1 cm³/mol. The van der Waals surface area contributed by atoms with Crippen molar-refractivity contribution in [3.63, 3.8) is 0 Å². The van der Waals surface area contributed by atoms with Crippen LogP contribution in [0.1, 0.15) is 39.7 Å². The van der Waals surface area contributed by atoms with Crippen LogP contribution in [0.25, 0.3) is 0 Å². The molecule has 1 saturated heterocycles. The second-order valence-electron chi connectivity index (χ2n) is 7.17. The molecule has 1 N–H and O–H groups in total. The first-order chi connectivity index (χ1) is 10.8. The first kappa shape index (κ1) is 17.7. The third-order valence-electron chi connectivity index (χ3n) is 4.27. The van der Waals surface area contributed by atoms with Gasteiger partial charge >= 0.3 is 0 Å². The van der Waals surface area contributed by atoms with Crippen molar-refractivity contribution in [1.29, 1.82) is 0 Å². The topological polar surface area (TPSA) is 58.7 Å². The van der Waals surface area contributed by atoms with Crippen molar-refractivity contribution in [2.45, 2.75) is 52.2 Å². The molecule has 1 aromatic carbocycles. The van der Waals surface area contributed by atoms with Gasteiger partial charge in [-0.1, -0.05) is 51.1 Å². The molecule has 0 saturated carbocycles. The van der Waals surface area contributed by atoms with E-state index >= 15 is 0 Å². The molecule has 1 amide bonds. The average molecular weight is 317 g/mol. The zero-order valence-corrected chi connectivity index (χ0v) is 14.5. The maximum absolute atomic E-state index is 12.5. The first-order valence-electron chi connectivity index (χ1n) is 8.34. The number of benzene rings is 1. The summed E-state index contributed by atoms with van der Waals surface area (Å²) in [5.74, 6) is 0.0763. The molecule has 1 unspecified atom stereocenters. The van der Waals surface area contributed by atoms with Gasteiger partial charge in [-0.15, -0.1) is 0 Å². The summed E-state index contributed by atoms with van der Waals surface area (Å²) in [5.41, 5.74) is 0.426. The Hall–Kier alpha value is -1.68. The molecule has 1 heterocycles. The Morgan fingerprint density at radius 1 is 1.22 bits per heavy atom. The Morgan fingerprint density at radius 3 is 2.35 bits per heavy atom. The van der Waals surface area contributed by atoms with Gasteiger partial charge in [0.1, 0.15) is 5.60 Å². The summed E-state index contributed by atoms with van der Waals surface area (Å²) in [6.07, 6.45) is 1.31. The normalized spacial score (nSPS) is 22.5. The van der Waals surface area contributed by atoms with Crippen LogP contribution in [0, 0.1) is 11.8 Å². The predicted octanol–water partition coefficient (Wildman–Crippen LogP) is 2.75. The number of epoxide rings is 1. The lowest BCUT2D eigenvalue weighted by atomic mass is 9.92. The van der Waals surface area contributed by atoms with E-state index in [9.17, 15) is 9.59 Å². The highest BCUT2D eigenvalue weighted by molar-refractivity contribution is 5.96. The summed E-state index contributed by atoms with van der Waals surface area (Å²) in [5, 5.41) is 2.95. The molecule has 1 fully saturated rings. The molecule has 1 aliphatic rings. The minimum absolute atomic E-state index is 0.00791. The minimum atomic E-state index is -0.699. The van der Waals surface area contributed by atoms with E-state index in [1.54, 1.807) is 6.92 Å². The van der Waals surface area contributed by atoms with Gasteiger partial charge in [-0.25, -0.2) is 0 Å². The molecule has 0 bridgehead atoms. The van der Waals surface area contributed by atoms with Crippen LogP contribution in [0.3, 0.4) is 0 Å². The maximum Gasteiger partial charge on any atom is 0.223 e. The summed E-state index contributed by atoms with van der Waals surface area (Å²) in [6.45, 7) is 8.25. The molecule has 3 atom stereocenters. The number of carbonyl (C=O) groups excluding carboxylic acids is 2. The number of nitrogens with one attached hydrogen (secondary N) is 1. The van der Waals surface area contributed by atoms with E-state index in [0.29, 0.717) is 25.4 Å². The van der Waals surface area contributed by atoms with E-state index in [1.165, 1.54) is 0 Å². The third-order valence-corrected chi connectivity index (χ3v) is 4.27. The van der Waals surface area contributed by atoms with E-state index in [-0.39, 0.29) is 17.6 Å². The van der Waals surface area contributed by atoms with Crippen molar-refractivity contribution in [2.24, 2.45) is 11.8 Å². The van der Waals surface area contributed by atoms with Gasteiger partial charge in [-0.05, 0) is 31.2 Å². The van der Waals surface area contributed by atoms with Gasteiger partial charge in [0.15, 0.2) is 5.78 Å². The van der Waals surface area contributed by atoms with Crippen LogP contribution in [0.4, 0.5) is 0 Å². The average Bonchev–Trinajstić information content (AvgIpc) is 3.25. The van der Waals surface area contributed by atoms with Gasteiger partial charge in [0.2, 0.25) is 5.91 Å². The van der Waals surface area contributed by atoms with Crippen LogP contribution < -0.4 is 5.32 Å². The third kappa shape index (κ3) is 4.90. The SMILES string of the molecule is CC(C)C[C@H](NC(=O)[C@@H](C)Cc1ccccc1)C(=O)C1(C)CO1. The Morgan fingerprint density at radius 2 is 1.83 bits per heavy atom. The van der Waals surface area contributed by atoms with Crippen molar-refractivity contribution in [3.8, 4) is 0 Å². The summed E-state index contributed by atoms with van der Waals surface area (Å²) in [6, 6.07) is 9.46. The van der Waals surface area contributed by atoms with Crippen molar-refractivity contribution in [2.75, 3.05) is 6.61 Å². The van der Waals surface area contributed by atoms with Crippen molar-refractivity contribution in [3.05, 3.63) is 35.9 Å². The van der Waals surface area contributed by atoms with Gasteiger partial charge in [-0.2, -0.15) is 0 Å². The maximum atomic E-state index is 12.5. The lowest BCUT2D eigenvalue weighted by Crippen LogP contribution is -2.48. The molecule has 0 aromatic heterocycles. The smallest absolute Gasteiger partial charge is 0.223 e. The molecule has 126 valence electrons. The van der Waals surface area contributed by atoms with Crippen LogP contribution >= 0.6 is 0 Å². The molecular formula is C19H27NO3. The van der Waals surface area contributed by atoms with Gasteiger partial charge in [0.05, 0.1) is 12.6 Å². The first-order valence-corrected chi connectivity index (χ1v) is 8.34. The number of hydrogen-bond acceptors (Lipinski definition) is 3. The second kappa shape index (κ2) is 7.26. The number of Topliss-reactive ketones (excluding diaryl/α,β-unsaturated/α-hetero) is 1. The fourth-order valence-electron chi connectivity index (χ4n) is 2.70. The number of carbonyl (C=O) groups is 2. The summed E-state index contributed by atoms with van der Waals surface area (Å²) < 4.78 is 5.26. The highest BCUT2D eigenvalue weighted by atomic mass is 16.6. The molecule has 0 radical (unpaired) electrons. The van der Waals surface area contributed by atoms with Crippen LogP contribution in [0.5, 0.6) is 0 Å². The van der Waals surface area contributed by atoms with Gasteiger partial charge < -0.3 is 10.1 Å². The van der Waals surface area contributed by atoms with Gasteiger partial charge in [-0.3, -0.25) is 9.59 Å². The Balaban J connectivity index is 1.97. The van der Waals surface area contributed by atoms with E-state index in [1.807, 2.05) is 37.3 Å². The largest absolute Gasteiger partial charge is 0.361 e. The zero-order valence-electron chi connectivity index (χ0n) is 14.5. The van der Waals surface area contributed by atoms with Gasteiger partial charge in [0.25, 0.3) is 0 Å². The van der Waals surface area contributed by atoms with Gasteiger partial charge in [0, 0.05) is 5.92 Å². The number of ether oxygens (including phenoxy) is 1. The Bertz CT molecular complexity index is 549. The number of hydrogen-bond donors (Lipinski definition) is 1. The number of rotatable bonds is 8. The Kier molecular flexibility index (Phi) is 5.58. The second-order valence-corrected chi connectivity index (χ2v) is 7.17. The molecule has 1 aromatic rings. The summed E-state index contributed by atoms with van der Waals surface area (Å²) >= 11 is 0. The quantitative estimate of drug-likeness (QED) is 0.750.